The first-order valence-electron chi connectivity index (χ1n) is 4.63. The van der Waals surface area contributed by atoms with Crippen molar-refractivity contribution in [1.82, 2.24) is 4.72 Å². The van der Waals surface area contributed by atoms with Crippen LogP contribution < -0.4 is 4.72 Å². The average molecular weight is 300 g/mol. The van der Waals surface area contributed by atoms with E-state index in [1.165, 1.54) is 0 Å². The minimum Gasteiger partial charge on any atom is -0.207 e. The highest BCUT2D eigenvalue weighted by Crippen LogP contribution is 2.30. The van der Waals surface area contributed by atoms with Gasteiger partial charge in [-0.25, -0.2) is 13.1 Å². The number of hydrogen-bond acceptors (Lipinski definition) is 2. The number of hydrogen-bond donors (Lipinski definition) is 1. The van der Waals surface area contributed by atoms with Crippen LogP contribution in [0.4, 0.5) is 13.2 Å². The van der Waals surface area contributed by atoms with Gasteiger partial charge in [-0.05, 0) is 18.2 Å². The van der Waals surface area contributed by atoms with Gasteiger partial charge in [-0.15, -0.1) is 0 Å². The van der Waals surface area contributed by atoms with E-state index in [0.29, 0.717) is 6.07 Å². The molecule has 0 aliphatic rings. The number of alkyl halides is 3. The summed E-state index contributed by atoms with van der Waals surface area (Å²) in [7, 11) is -4.03. The monoisotopic (exact) mass is 299 g/mol. The van der Waals surface area contributed by atoms with Crippen molar-refractivity contribution < 1.29 is 21.6 Å². The van der Waals surface area contributed by atoms with E-state index in [-0.39, 0.29) is 11.6 Å². The third-order valence-electron chi connectivity index (χ3n) is 1.93. The van der Waals surface area contributed by atoms with Crippen molar-refractivity contribution in [2.45, 2.75) is 11.1 Å². The zero-order valence-corrected chi connectivity index (χ0v) is 10.5. The van der Waals surface area contributed by atoms with Crippen molar-refractivity contribution >= 4 is 21.6 Å². The van der Waals surface area contributed by atoms with Gasteiger partial charge in [0.1, 0.15) is 0 Å². The summed E-state index contributed by atoms with van der Waals surface area (Å²) in [5.74, 6) is 0. The highest BCUT2D eigenvalue weighted by molar-refractivity contribution is 7.89. The lowest BCUT2D eigenvalue weighted by molar-refractivity contribution is -0.137. The molecule has 0 saturated carbocycles. The van der Waals surface area contributed by atoms with Crippen molar-refractivity contribution in [2.24, 2.45) is 0 Å². The van der Waals surface area contributed by atoms with Gasteiger partial charge < -0.3 is 0 Å². The molecular weight excluding hydrogens is 291 g/mol. The fraction of sp³-hybridized carbons (Fsp3) is 0.200. The molecule has 0 atom stereocenters. The van der Waals surface area contributed by atoms with E-state index in [9.17, 15) is 21.6 Å². The fourth-order valence-electron chi connectivity index (χ4n) is 1.10. The summed E-state index contributed by atoms with van der Waals surface area (Å²) in [4.78, 5) is -0.477. The van der Waals surface area contributed by atoms with E-state index in [1.54, 1.807) is 0 Å². The van der Waals surface area contributed by atoms with Crippen molar-refractivity contribution in [3.05, 3.63) is 41.4 Å². The predicted octanol–water partition coefficient (Wildman–Crippen LogP) is 2.74. The Morgan fingerprint density at radius 1 is 1.39 bits per heavy atom. The van der Waals surface area contributed by atoms with Crippen LogP contribution in [0.5, 0.6) is 0 Å². The molecule has 0 heterocycles. The zero-order valence-electron chi connectivity index (χ0n) is 8.96. The van der Waals surface area contributed by atoms with Crippen LogP contribution in [0.15, 0.2) is 40.8 Å². The second kappa shape index (κ2) is 5.29. The topological polar surface area (TPSA) is 46.2 Å². The molecule has 0 aromatic heterocycles. The maximum absolute atomic E-state index is 12.4. The molecule has 1 rings (SSSR count). The molecule has 8 heteroatoms. The van der Waals surface area contributed by atoms with Crippen LogP contribution in [0.3, 0.4) is 0 Å². The van der Waals surface area contributed by atoms with Gasteiger partial charge in [0.05, 0.1) is 10.5 Å². The van der Waals surface area contributed by atoms with E-state index >= 15 is 0 Å². The summed E-state index contributed by atoms with van der Waals surface area (Å²) in [6.07, 6.45) is -4.60. The van der Waals surface area contributed by atoms with Gasteiger partial charge in [-0.2, -0.15) is 13.2 Å². The number of benzene rings is 1. The normalized spacial score (nSPS) is 12.4. The molecule has 1 N–H and O–H groups in total. The maximum atomic E-state index is 12.4. The lowest BCUT2D eigenvalue weighted by Gasteiger charge is -2.09. The molecule has 0 saturated heterocycles. The predicted molar refractivity (Wildman–Crippen MR) is 61.6 cm³/mol. The summed E-state index contributed by atoms with van der Waals surface area (Å²) < 4.78 is 62.6. The minimum atomic E-state index is -4.60. The Morgan fingerprint density at radius 3 is 2.50 bits per heavy atom. The first-order valence-corrected chi connectivity index (χ1v) is 6.49. The van der Waals surface area contributed by atoms with Gasteiger partial charge in [0.15, 0.2) is 0 Å². The summed E-state index contributed by atoms with van der Waals surface area (Å²) in [5.41, 5.74) is -1.03. The quantitative estimate of drug-likeness (QED) is 0.929. The number of rotatable bonds is 4. The molecule has 0 aliphatic carbocycles. The Kier molecular flexibility index (Phi) is 4.41. The van der Waals surface area contributed by atoms with Crippen LogP contribution in [-0.2, 0) is 16.2 Å². The largest absolute Gasteiger partial charge is 0.416 e. The van der Waals surface area contributed by atoms with Crippen molar-refractivity contribution in [2.75, 3.05) is 6.54 Å². The number of sulfonamides is 1. The highest BCUT2D eigenvalue weighted by Gasteiger charge is 2.31. The zero-order chi connectivity index (χ0) is 14.0. The number of nitrogens with one attached hydrogen (secondary N) is 1. The first kappa shape index (κ1) is 15.0. The summed E-state index contributed by atoms with van der Waals surface area (Å²) in [5, 5.41) is 0.0329. The Hall–Kier alpha value is -1.05. The van der Waals surface area contributed by atoms with E-state index in [0.717, 1.165) is 18.2 Å². The lowest BCUT2D eigenvalue weighted by Crippen LogP contribution is -2.25. The smallest absolute Gasteiger partial charge is 0.207 e. The Labute approximate surface area is 107 Å². The molecule has 0 fully saturated rings. The lowest BCUT2D eigenvalue weighted by atomic mass is 10.2. The van der Waals surface area contributed by atoms with Crippen LogP contribution in [0, 0.1) is 0 Å². The number of halogens is 4. The fourth-order valence-corrected chi connectivity index (χ4v) is 2.31. The Morgan fingerprint density at radius 2 is 2.00 bits per heavy atom. The maximum Gasteiger partial charge on any atom is 0.416 e. The van der Waals surface area contributed by atoms with Crippen LogP contribution in [0.25, 0.3) is 0 Å². The van der Waals surface area contributed by atoms with Gasteiger partial charge in [0.2, 0.25) is 10.0 Å². The second-order valence-electron chi connectivity index (χ2n) is 3.37. The van der Waals surface area contributed by atoms with Crippen LogP contribution in [0.1, 0.15) is 5.56 Å². The molecule has 18 heavy (non-hydrogen) atoms. The standard InChI is InChI=1S/C10H9ClF3NO2S/c1-7(11)6-15-18(16,17)9-4-2-3-8(5-9)10(12,13)14/h2-5,15H,1,6H2. The summed E-state index contributed by atoms with van der Waals surface area (Å²) in [6, 6.07) is 3.43. The van der Waals surface area contributed by atoms with E-state index in [4.69, 9.17) is 11.6 Å². The Bertz CT molecular complexity index is 554. The molecule has 0 bridgehead atoms. The van der Waals surface area contributed by atoms with E-state index < -0.39 is 26.7 Å². The van der Waals surface area contributed by atoms with E-state index in [1.807, 2.05) is 4.72 Å². The molecule has 0 spiro atoms. The van der Waals surface area contributed by atoms with Gasteiger partial charge in [0.25, 0.3) is 0 Å². The highest BCUT2D eigenvalue weighted by atomic mass is 35.5. The molecule has 0 radical (unpaired) electrons. The van der Waals surface area contributed by atoms with Gasteiger partial charge >= 0.3 is 6.18 Å². The summed E-state index contributed by atoms with van der Waals surface area (Å²) in [6.45, 7) is 3.02. The molecule has 0 unspecified atom stereocenters. The van der Waals surface area contributed by atoms with Gasteiger partial charge in [-0.1, -0.05) is 24.2 Å². The molecule has 0 amide bonds. The molecule has 3 nitrogen and oxygen atoms in total. The summed E-state index contributed by atoms with van der Waals surface area (Å²) >= 11 is 5.37. The van der Waals surface area contributed by atoms with Crippen molar-refractivity contribution in [3.63, 3.8) is 0 Å². The third kappa shape index (κ3) is 4.01. The first-order chi connectivity index (χ1) is 8.13. The van der Waals surface area contributed by atoms with Crippen LogP contribution in [0.2, 0.25) is 0 Å². The van der Waals surface area contributed by atoms with E-state index in [2.05, 4.69) is 6.58 Å². The van der Waals surface area contributed by atoms with Crippen LogP contribution in [-0.4, -0.2) is 15.0 Å². The molecule has 100 valence electrons. The second-order valence-corrected chi connectivity index (χ2v) is 5.67. The average Bonchev–Trinajstić information content (AvgIpc) is 2.26. The van der Waals surface area contributed by atoms with Crippen molar-refractivity contribution in [3.8, 4) is 0 Å². The molecule has 1 aromatic carbocycles. The van der Waals surface area contributed by atoms with Gasteiger partial charge in [0, 0.05) is 11.6 Å². The molecular formula is C10H9ClF3NO2S. The third-order valence-corrected chi connectivity index (χ3v) is 3.46. The minimum absolute atomic E-state index is 0.0329. The molecule has 1 aromatic rings. The van der Waals surface area contributed by atoms with Crippen molar-refractivity contribution in [1.29, 1.82) is 0 Å². The Balaban J connectivity index is 3.07. The SMILES string of the molecule is C=C(Cl)CNS(=O)(=O)c1cccc(C(F)(F)F)c1. The van der Waals surface area contributed by atoms with Gasteiger partial charge in [-0.3, -0.25) is 0 Å². The molecule has 0 aliphatic heterocycles. The van der Waals surface area contributed by atoms with Crippen LogP contribution >= 0.6 is 11.6 Å².